The van der Waals surface area contributed by atoms with Crippen LogP contribution in [-0.4, -0.2) is 6.04 Å². The summed E-state index contributed by atoms with van der Waals surface area (Å²) in [5.74, 6) is 0. The van der Waals surface area contributed by atoms with Crippen LogP contribution in [0.4, 0.5) is 5.69 Å². The second-order valence-electron chi connectivity index (χ2n) is 6.42. The Morgan fingerprint density at radius 3 is 2.58 bits per heavy atom. The molecule has 0 N–H and O–H groups in total. The van der Waals surface area contributed by atoms with Crippen molar-refractivity contribution in [3.8, 4) is 0 Å². The fourth-order valence-corrected chi connectivity index (χ4v) is 4.54. The maximum absolute atomic E-state index is 2.43. The van der Waals surface area contributed by atoms with E-state index in [1.54, 1.807) is 0 Å². The van der Waals surface area contributed by atoms with E-state index >= 15 is 0 Å². The summed E-state index contributed by atoms with van der Waals surface area (Å²) in [6.45, 7) is 4.50. The van der Waals surface area contributed by atoms with Crippen molar-refractivity contribution in [2.45, 2.75) is 24.8 Å². The number of aryl methyl sites for hydroxylation is 1. The van der Waals surface area contributed by atoms with Crippen molar-refractivity contribution in [2.75, 3.05) is 4.90 Å². The lowest BCUT2D eigenvalue weighted by molar-refractivity contribution is -0.644. The van der Waals surface area contributed by atoms with E-state index in [9.17, 15) is 0 Å². The number of pyridine rings is 1. The molecule has 4 rings (SSSR count). The third-order valence-corrected chi connectivity index (χ3v) is 5.53. The van der Waals surface area contributed by atoms with Gasteiger partial charge in [0, 0.05) is 23.1 Å². The van der Waals surface area contributed by atoms with Gasteiger partial charge in [-0.3, -0.25) is 0 Å². The molecule has 0 fully saturated rings. The van der Waals surface area contributed by atoms with Gasteiger partial charge in [0.05, 0.1) is 16.1 Å². The average Bonchev–Trinajstić information content (AvgIpc) is 2.96. The Kier molecular flexibility index (Phi) is 3.81. The van der Waals surface area contributed by atoms with Gasteiger partial charge in [-0.2, -0.15) is 0 Å². The van der Waals surface area contributed by atoms with Gasteiger partial charge in [-0.15, -0.1) is 0 Å². The van der Waals surface area contributed by atoms with Gasteiger partial charge < -0.3 is 4.90 Å². The van der Waals surface area contributed by atoms with Crippen LogP contribution in [0.15, 0.2) is 70.7 Å². The highest BCUT2D eigenvalue weighted by atomic mass is 32.2. The van der Waals surface area contributed by atoms with E-state index in [-0.39, 0.29) is 0 Å². The average molecular weight is 333 g/mol. The first kappa shape index (κ1) is 15.3. The van der Waals surface area contributed by atoms with Crippen molar-refractivity contribution in [2.24, 2.45) is 7.05 Å². The van der Waals surface area contributed by atoms with Gasteiger partial charge in [0.25, 0.3) is 0 Å². The number of aromatic nitrogens is 1. The number of para-hydroxylation sites is 2. The van der Waals surface area contributed by atoms with Gasteiger partial charge in [-0.25, -0.2) is 4.57 Å². The molecule has 2 heterocycles. The lowest BCUT2D eigenvalue weighted by Gasteiger charge is -2.25. The number of rotatable bonds is 2. The van der Waals surface area contributed by atoms with E-state index in [1.165, 1.54) is 32.1 Å². The van der Waals surface area contributed by atoms with Crippen LogP contribution in [0.5, 0.6) is 0 Å². The smallest absolute Gasteiger partial charge is 0.212 e. The van der Waals surface area contributed by atoms with E-state index < -0.39 is 0 Å². The Labute approximate surface area is 147 Å². The van der Waals surface area contributed by atoms with Crippen molar-refractivity contribution >= 4 is 34.4 Å². The maximum atomic E-state index is 2.43. The highest BCUT2D eigenvalue weighted by Crippen LogP contribution is 2.47. The Hall–Kier alpha value is -2.26. The lowest BCUT2D eigenvalue weighted by atomic mass is 10.1. The Morgan fingerprint density at radius 1 is 1.00 bits per heavy atom. The molecule has 0 saturated carbocycles. The van der Waals surface area contributed by atoms with Gasteiger partial charge >= 0.3 is 0 Å². The molecule has 1 aliphatic rings. The summed E-state index contributed by atoms with van der Waals surface area (Å²) in [5.41, 5.74) is 3.84. The highest BCUT2D eigenvalue weighted by Gasteiger charge is 2.27. The molecule has 0 atom stereocenters. The Balaban J connectivity index is 1.86. The zero-order valence-electron chi connectivity index (χ0n) is 14.2. The number of thioether (sulfide) groups is 1. The molecule has 0 saturated heterocycles. The molecule has 24 heavy (non-hydrogen) atoms. The van der Waals surface area contributed by atoms with Crippen molar-refractivity contribution < 1.29 is 4.57 Å². The zero-order chi connectivity index (χ0) is 16.7. The van der Waals surface area contributed by atoms with Gasteiger partial charge in [-0.05, 0) is 43.7 Å². The van der Waals surface area contributed by atoms with Crippen molar-refractivity contribution in [1.29, 1.82) is 0 Å². The summed E-state index contributed by atoms with van der Waals surface area (Å²) in [4.78, 5) is 3.77. The number of hydrogen-bond acceptors (Lipinski definition) is 2. The summed E-state index contributed by atoms with van der Waals surface area (Å²) in [7, 11) is 2.10. The number of nitrogens with zero attached hydrogens (tertiary/aromatic N) is 2. The molecule has 0 radical (unpaired) electrons. The van der Waals surface area contributed by atoms with E-state index in [2.05, 4.69) is 97.2 Å². The first-order valence-corrected chi connectivity index (χ1v) is 9.12. The molecule has 1 aromatic heterocycles. The molecule has 2 aromatic carbocycles. The van der Waals surface area contributed by atoms with Crippen LogP contribution in [0.1, 0.15) is 19.4 Å². The summed E-state index contributed by atoms with van der Waals surface area (Å²) in [6, 6.07) is 19.9. The molecule has 1 aliphatic heterocycles. The molecule has 0 amide bonds. The van der Waals surface area contributed by atoms with E-state index in [0.717, 1.165) is 0 Å². The van der Waals surface area contributed by atoms with Gasteiger partial charge in [-0.1, -0.05) is 36.0 Å². The number of benzene rings is 2. The third-order valence-electron chi connectivity index (χ3n) is 4.44. The lowest BCUT2D eigenvalue weighted by Crippen LogP contribution is -2.28. The first-order chi connectivity index (χ1) is 11.6. The first-order valence-electron chi connectivity index (χ1n) is 8.30. The van der Waals surface area contributed by atoms with Crippen molar-refractivity contribution in [3.05, 3.63) is 71.4 Å². The molecule has 3 aromatic rings. The zero-order valence-corrected chi connectivity index (χ0v) is 15.0. The Bertz CT molecular complexity index is 943. The second-order valence-corrected chi connectivity index (χ2v) is 7.48. The molecule has 3 heteroatoms. The predicted molar refractivity (Wildman–Crippen MR) is 103 cm³/mol. The molecule has 2 nitrogen and oxygen atoms in total. The molecule has 0 aliphatic carbocycles. The number of anilines is 1. The van der Waals surface area contributed by atoms with Crippen molar-refractivity contribution in [1.82, 2.24) is 0 Å². The van der Waals surface area contributed by atoms with Gasteiger partial charge in [0.1, 0.15) is 7.05 Å². The molecule has 0 spiro atoms. The highest BCUT2D eigenvalue weighted by molar-refractivity contribution is 8.03. The SMILES string of the molecule is CC(C)N1/C(=C/c2cc[n+](C)c3ccccc23)Sc2ccccc21. The summed E-state index contributed by atoms with van der Waals surface area (Å²) in [5, 5.41) is 2.58. The second kappa shape index (κ2) is 5.99. The summed E-state index contributed by atoms with van der Waals surface area (Å²) in [6.07, 6.45) is 4.47. The van der Waals surface area contributed by atoms with E-state index in [4.69, 9.17) is 0 Å². The normalized spacial score (nSPS) is 15.5. The fraction of sp³-hybridized carbons (Fsp3) is 0.190. The van der Waals surface area contributed by atoms with Crippen molar-refractivity contribution in [3.63, 3.8) is 0 Å². The largest absolute Gasteiger partial charge is 0.332 e. The van der Waals surface area contributed by atoms with E-state index in [1.807, 2.05) is 11.8 Å². The van der Waals surface area contributed by atoms with Crippen LogP contribution in [0, 0.1) is 0 Å². The number of hydrogen-bond donors (Lipinski definition) is 0. The van der Waals surface area contributed by atoms with Crippen LogP contribution in [0.2, 0.25) is 0 Å². The van der Waals surface area contributed by atoms with E-state index in [0.29, 0.717) is 6.04 Å². The topological polar surface area (TPSA) is 7.12 Å². The standard InChI is InChI=1S/C21H21N2S/c1-15(2)23-19-10-6-7-11-20(19)24-21(23)14-16-12-13-22(3)18-9-5-4-8-17(16)18/h4-15H,1-3H3/q+1. The molecular weight excluding hydrogens is 312 g/mol. The minimum absolute atomic E-state index is 0.429. The minimum atomic E-state index is 0.429. The molecule has 120 valence electrons. The monoisotopic (exact) mass is 333 g/mol. The minimum Gasteiger partial charge on any atom is -0.332 e. The van der Waals surface area contributed by atoms with Gasteiger partial charge in [0.2, 0.25) is 5.52 Å². The molecule has 0 unspecified atom stereocenters. The fourth-order valence-electron chi connectivity index (χ4n) is 3.30. The summed E-state index contributed by atoms with van der Waals surface area (Å²) < 4.78 is 2.17. The van der Waals surface area contributed by atoms with Gasteiger partial charge in [0.15, 0.2) is 6.20 Å². The van der Waals surface area contributed by atoms with Crippen LogP contribution < -0.4 is 9.47 Å². The summed E-state index contributed by atoms with van der Waals surface area (Å²) >= 11 is 1.86. The quantitative estimate of drug-likeness (QED) is 0.610. The molecule has 0 bridgehead atoms. The molecular formula is C21H21N2S+. The Morgan fingerprint density at radius 2 is 1.75 bits per heavy atom. The van der Waals surface area contributed by atoms with Crippen LogP contribution in [0.3, 0.4) is 0 Å². The van der Waals surface area contributed by atoms with Crippen LogP contribution in [0.25, 0.3) is 17.0 Å². The van der Waals surface area contributed by atoms with Crippen LogP contribution >= 0.6 is 11.8 Å². The number of fused-ring (bicyclic) bond motifs is 2. The maximum Gasteiger partial charge on any atom is 0.212 e. The third kappa shape index (κ3) is 2.49. The predicted octanol–water partition coefficient (Wildman–Crippen LogP) is 4.98. The van der Waals surface area contributed by atoms with Crippen LogP contribution in [-0.2, 0) is 7.05 Å².